The normalized spacial score (nSPS) is 12.4. The lowest BCUT2D eigenvalue weighted by Gasteiger charge is -2.18. The van der Waals surface area contributed by atoms with Crippen LogP contribution in [-0.2, 0) is 6.54 Å². The average Bonchev–Trinajstić information content (AvgIpc) is 2.91. The highest BCUT2D eigenvalue weighted by atomic mass is 16.3. The number of anilines is 1. The molecule has 0 saturated heterocycles. The van der Waals surface area contributed by atoms with E-state index in [-0.39, 0.29) is 6.04 Å². The van der Waals surface area contributed by atoms with Crippen LogP contribution >= 0.6 is 0 Å². The first-order chi connectivity index (χ1) is 8.70. The Hall–Kier alpha value is -1.81. The van der Waals surface area contributed by atoms with Crippen LogP contribution in [0.4, 0.5) is 5.69 Å². The second-order valence-electron chi connectivity index (χ2n) is 4.39. The second-order valence-corrected chi connectivity index (χ2v) is 4.39. The molecule has 96 valence electrons. The van der Waals surface area contributed by atoms with E-state index in [0.29, 0.717) is 0 Å². The van der Waals surface area contributed by atoms with Gasteiger partial charge in [0.15, 0.2) is 0 Å². The Morgan fingerprint density at radius 2 is 2.22 bits per heavy atom. The van der Waals surface area contributed by atoms with Crippen LogP contribution in [0.5, 0.6) is 0 Å². The molecule has 0 aliphatic carbocycles. The van der Waals surface area contributed by atoms with E-state index in [4.69, 9.17) is 10.2 Å². The lowest BCUT2D eigenvalue weighted by Crippen LogP contribution is -2.17. The average molecular weight is 245 g/mol. The van der Waals surface area contributed by atoms with E-state index in [0.717, 1.165) is 30.1 Å². The van der Waals surface area contributed by atoms with Crippen molar-refractivity contribution in [3.63, 3.8) is 0 Å². The van der Waals surface area contributed by atoms with Crippen LogP contribution in [0, 0.1) is 0 Å². The summed E-state index contributed by atoms with van der Waals surface area (Å²) in [7, 11) is 2.01. The van der Waals surface area contributed by atoms with E-state index in [2.05, 4.69) is 16.8 Å². The summed E-state index contributed by atoms with van der Waals surface area (Å²) in [4.78, 5) is 6.49. The third kappa shape index (κ3) is 2.90. The lowest BCUT2D eigenvalue weighted by atomic mass is 10.1. The number of aromatic nitrogens is 1. The van der Waals surface area contributed by atoms with Crippen molar-refractivity contribution in [3.8, 4) is 0 Å². The highest BCUT2D eigenvalue weighted by Gasteiger charge is 2.07. The molecule has 0 radical (unpaired) electrons. The highest BCUT2D eigenvalue weighted by Crippen LogP contribution is 2.17. The lowest BCUT2D eigenvalue weighted by molar-refractivity contribution is 0.507. The Morgan fingerprint density at radius 1 is 1.39 bits per heavy atom. The fourth-order valence-corrected chi connectivity index (χ4v) is 1.78. The van der Waals surface area contributed by atoms with Crippen molar-refractivity contribution in [1.29, 1.82) is 0 Å². The van der Waals surface area contributed by atoms with Crippen molar-refractivity contribution in [3.05, 3.63) is 48.2 Å². The van der Waals surface area contributed by atoms with Gasteiger partial charge in [0, 0.05) is 13.1 Å². The molecule has 1 atom stereocenters. The third-order valence-corrected chi connectivity index (χ3v) is 3.00. The van der Waals surface area contributed by atoms with Crippen molar-refractivity contribution in [2.45, 2.75) is 25.9 Å². The summed E-state index contributed by atoms with van der Waals surface area (Å²) < 4.78 is 5.32. The molecule has 4 heteroatoms. The van der Waals surface area contributed by atoms with Gasteiger partial charge in [-0.1, -0.05) is 6.92 Å². The predicted octanol–water partition coefficient (Wildman–Crippen LogP) is 2.72. The van der Waals surface area contributed by atoms with Gasteiger partial charge in [0.05, 0.1) is 30.4 Å². The molecular weight excluding hydrogens is 226 g/mol. The summed E-state index contributed by atoms with van der Waals surface area (Å²) in [5.74, 6) is 0.937. The highest BCUT2D eigenvalue weighted by molar-refractivity contribution is 5.44. The van der Waals surface area contributed by atoms with Gasteiger partial charge in [-0.3, -0.25) is 4.98 Å². The topological polar surface area (TPSA) is 55.3 Å². The molecule has 2 rings (SSSR count). The third-order valence-electron chi connectivity index (χ3n) is 3.00. The van der Waals surface area contributed by atoms with Gasteiger partial charge in [-0.25, -0.2) is 0 Å². The van der Waals surface area contributed by atoms with E-state index < -0.39 is 0 Å². The van der Waals surface area contributed by atoms with Crippen LogP contribution in [0.25, 0.3) is 0 Å². The number of rotatable bonds is 5. The number of nitrogens with two attached hydrogens (primary N) is 1. The van der Waals surface area contributed by atoms with Crippen molar-refractivity contribution in [2.24, 2.45) is 5.73 Å². The SMILES string of the molecule is CC[C@@H](N)c1ccc(N(C)Cc2ccco2)cn1. The monoisotopic (exact) mass is 245 g/mol. The summed E-state index contributed by atoms with van der Waals surface area (Å²) in [6, 6.07) is 7.91. The Bertz CT molecular complexity index is 464. The number of hydrogen-bond donors (Lipinski definition) is 1. The van der Waals surface area contributed by atoms with Crippen LogP contribution in [0.1, 0.15) is 30.8 Å². The summed E-state index contributed by atoms with van der Waals surface area (Å²) in [6.07, 6.45) is 4.44. The molecule has 0 amide bonds. The molecule has 2 aromatic rings. The first kappa shape index (κ1) is 12.6. The molecule has 4 nitrogen and oxygen atoms in total. The first-order valence-corrected chi connectivity index (χ1v) is 6.15. The van der Waals surface area contributed by atoms with Crippen LogP contribution < -0.4 is 10.6 Å². The van der Waals surface area contributed by atoms with Crippen molar-refractivity contribution >= 4 is 5.69 Å². The molecule has 0 bridgehead atoms. The number of hydrogen-bond acceptors (Lipinski definition) is 4. The zero-order valence-corrected chi connectivity index (χ0v) is 10.8. The quantitative estimate of drug-likeness (QED) is 0.880. The van der Waals surface area contributed by atoms with Crippen LogP contribution in [0.15, 0.2) is 41.1 Å². The van der Waals surface area contributed by atoms with Crippen LogP contribution in [0.2, 0.25) is 0 Å². The van der Waals surface area contributed by atoms with Gasteiger partial charge in [-0.2, -0.15) is 0 Å². The molecule has 0 fully saturated rings. The van der Waals surface area contributed by atoms with Gasteiger partial charge in [-0.15, -0.1) is 0 Å². The summed E-state index contributed by atoms with van der Waals surface area (Å²) in [5.41, 5.74) is 7.93. The van der Waals surface area contributed by atoms with Crippen LogP contribution in [-0.4, -0.2) is 12.0 Å². The van der Waals surface area contributed by atoms with Gasteiger partial charge in [-0.05, 0) is 30.7 Å². The minimum atomic E-state index is 0.0226. The molecule has 2 aromatic heterocycles. The van der Waals surface area contributed by atoms with Crippen molar-refractivity contribution < 1.29 is 4.42 Å². The molecule has 18 heavy (non-hydrogen) atoms. The van der Waals surface area contributed by atoms with Crippen molar-refractivity contribution in [1.82, 2.24) is 4.98 Å². The molecule has 2 heterocycles. The van der Waals surface area contributed by atoms with Crippen LogP contribution in [0.3, 0.4) is 0 Å². The molecule has 0 saturated carbocycles. The molecule has 0 unspecified atom stereocenters. The Balaban J connectivity index is 2.04. The van der Waals surface area contributed by atoms with Crippen molar-refractivity contribution in [2.75, 3.05) is 11.9 Å². The molecule has 0 aromatic carbocycles. The first-order valence-electron chi connectivity index (χ1n) is 6.15. The number of pyridine rings is 1. The fraction of sp³-hybridized carbons (Fsp3) is 0.357. The maximum absolute atomic E-state index is 5.94. The standard InChI is InChI=1S/C14H19N3O/c1-3-13(15)14-7-6-11(9-16-14)17(2)10-12-5-4-8-18-12/h4-9,13H,3,10,15H2,1-2H3/t13-/m1/s1. The Labute approximate surface area is 107 Å². The number of nitrogens with zero attached hydrogens (tertiary/aromatic N) is 2. The number of furan rings is 1. The largest absolute Gasteiger partial charge is 0.467 e. The maximum atomic E-state index is 5.94. The van der Waals surface area contributed by atoms with E-state index in [1.54, 1.807) is 6.26 Å². The van der Waals surface area contributed by atoms with Gasteiger partial charge >= 0.3 is 0 Å². The summed E-state index contributed by atoms with van der Waals surface area (Å²) >= 11 is 0. The van der Waals surface area contributed by atoms with E-state index in [9.17, 15) is 0 Å². The molecule has 0 spiro atoms. The minimum absolute atomic E-state index is 0.0226. The summed E-state index contributed by atoms with van der Waals surface area (Å²) in [6.45, 7) is 2.79. The molecule has 0 aliphatic heterocycles. The second kappa shape index (κ2) is 5.69. The predicted molar refractivity (Wildman–Crippen MR) is 72.3 cm³/mol. The molecular formula is C14H19N3O. The van der Waals surface area contributed by atoms with Gasteiger partial charge in [0.25, 0.3) is 0 Å². The van der Waals surface area contributed by atoms with E-state index in [1.165, 1.54) is 0 Å². The van der Waals surface area contributed by atoms with Gasteiger partial charge < -0.3 is 15.1 Å². The smallest absolute Gasteiger partial charge is 0.123 e. The van der Waals surface area contributed by atoms with E-state index in [1.807, 2.05) is 37.5 Å². The Kier molecular flexibility index (Phi) is 3.99. The minimum Gasteiger partial charge on any atom is -0.467 e. The van der Waals surface area contributed by atoms with Gasteiger partial charge in [0.1, 0.15) is 5.76 Å². The zero-order valence-electron chi connectivity index (χ0n) is 10.8. The fourth-order valence-electron chi connectivity index (χ4n) is 1.78. The summed E-state index contributed by atoms with van der Waals surface area (Å²) in [5, 5.41) is 0. The molecule has 2 N–H and O–H groups in total. The zero-order chi connectivity index (χ0) is 13.0. The Morgan fingerprint density at radius 3 is 2.78 bits per heavy atom. The van der Waals surface area contributed by atoms with E-state index >= 15 is 0 Å². The molecule has 0 aliphatic rings. The van der Waals surface area contributed by atoms with Gasteiger partial charge in [0.2, 0.25) is 0 Å². The maximum Gasteiger partial charge on any atom is 0.123 e.